The van der Waals surface area contributed by atoms with E-state index in [0.29, 0.717) is 19.7 Å². The van der Waals surface area contributed by atoms with Gasteiger partial charge in [-0.2, -0.15) is 0 Å². The van der Waals surface area contributed by atoms with Gasteiger partial charge < -0.3 is 14.5 Å². The molecule has 136 valence electrons. The van der Waals surface area contributed by atoms with Crippen LogP contribution in [0.15, 0.2) is 83.5 Å². The molecule has 0 unspecified atom stereocenters. The van der Waals surface area contributed by atoms with E-state index < -0.39 is 0 Å². The normalized spacial score (nSPS) is 11.0. The fourth-order valence-corrected chi connectivity index (χ4v) is 3.36. The molecule has 0 saturated heterocycles. The van der Waals surface area contributed by atoms with Crippen LogP contribution in [0.25, 0.3) is 10.8 Å². The Morgan fingerprint density at radius 3 is 2.67 bits per heavy atom. The number of halogens is 1. The summed E-state index contributed by atoms with van der Waals surface area (Å²) in [4.78, 5) is 0. The van der Waals surface area contributed by atoms with Crippen molar-refractivity contribution in [2.24, 2.45) is 0 Å². The van der Waals surface area contributed by atoms with E-state index in [1.54, 1.807) is 6.26 Å². The van der Waals surface area contributed by atoms with E-state index in [2.05, 4.69) is 35.6 Å². The average Bonchev–Trinajstić information content (AvgIpc) is 3.20. The molecule has 1 heterocycles. The minimum atomic E-state index is 0.476. The molecular weight excluding hydrogens is 358 g/mol. The van der Waals surface area contributed by atoms with Crippen LogP contribution < -0.4 is 10.1 Å². The Labute approximate surface area is 163 Å². The maximum Gasteiger partial charge on any atom is 0.124 e. The Kier molecular flexibility index (Phi) is 5.42. The third-order valence-electron chi connectivity index (χ3n) is 4.46. The minimum absolute atomic E-state index is 0.476. The van der Waals surface area contributed by atoms with Gasteiger partial charge in [-0.25, -0.2) is 0 Å². The van der Waals surface area contributed by atoms with Gasteiger partial charge in [-0.15, -0.1) is 0 Å². The molecule has 0 atom stereocenters. The number of benzene rings is 3. The van der Waals surface area contributed by atoms with E-state index in [-0.39, 0.29) is 0 Å². The van der Waals surface area contributed by atoms with Gasteiger partial charge in [-0.1, -0.05) is 54.1 Å². The first-order valence-corrected chi connectivity index (χ1v) is 9.28. The number of fused-ring (bicyclic) bond motifs is 1. The van der Waals surface area contributed by atoms with E-state index >= 15 is 0 Å². The predicted molar refractivity (Wildman–Crippen MR) is 109 cm³/mol. The Hall–Kier alpha value is -2.75. The summed E-state index contributed by atoms with van der Waals surface area (Å²) >= 11 is 6.08. The number of hydrogen-bond donors (Lipinski definition) is 1. The van der Waals surface area contributed by atoms with Gasteiger partial charge in [0.2, 0.25) is 0 Å². The smallest absolute Gasteiger partial charge is 0.124 e. The van der Waals surface area contributed by atoms with E-state index in [9.17, 15) is 0 Å². The second-order valence-corrected chi connectivity index (χ2v) is 6.80. The number of nitrogens with one attached hydrogen (secondary N) is 1. The van der Waals surface area contributed by atoms with E-state index in [1.165, 1.54) is 10.8 Å². The molecule has 3 nitrogen and oxygen atoms in total. The van der Waals surface area contributed by atoms with Gasteiger partial charge in [0.25, 0.3) is 0 Å². The van der Waals surface area contributed by atoms with Crippen molar-refractivity contribution in [1.29, 1.82) is 0 Å². The first-order chi connectivity index (χ1) is 13.3. The Bertz CT molecular complexity index is 1030. The molecule has 4 aromatic rings. The summed E-state index contributed by atoms with van der Waals surface area (Å²) in [6, 6.07) is 24.1. The zero-order chi connectivity index (χ0) is 18.5. The van der Waals surface area contributed by atoms with Crippen molar-refractivity contribution in [2.75, 3.05) is 0 Å². The molecule has 0 amide bonds. The molecule has 0 radical (unpaired) electrons. The van der Waals surface area contributed by atoms with Crippen molar-refractivity contribution in [1.82, 2.24) is 5.32 Å². The van der Waals surface area contributed by atoms with Gasteiger partial charge in [0, 0.05) is 17.1 Å². The molecule has 0 bridgehead atoms. The summed E-state index contributed by atoms with van der Waals surface area (Å²) in [7, 11) is 0. The monoisotopic (exact) mass is 377 g/mol. The second kappa shape index (κ2) is 8.30. The van der Waals surface area contributed by atoms with Crippen LogP contribution in [0, 0.1) is 0 Å². The lowest BCUT2D eigenvalue weighted by molar-refractivity contribution is 0.302. The van der Waals surface area contributed by atoms with Crippen molar-refractivity contribution >= 4 is 22.4 Å². The molecule has 0 spiro atoms. The van der Waals surface area contributed by atoms with Gasteiger partial charge in [0.1, 0.15) is 18.1 Å². The van der Waals surface area contributed by atoms with Crippen molar-refractivity contribution in [3.8, 4) is 5.75 Å². The highest BCUT2D eigenvalue weighted by Gasteiger charge is 2.10. The molecule has 27 heavy (non-hydrogen) atoms. The molecule has 4 heteroatoms. The van der Waals surface area contributed by atoms with Crippen LogP contribution in [0.2, 0.25) is 5.02 Å². The lowest BCUT2D eigenvalue weighted by Gasteiger charge is -2.15. The second-order valence-electron chi connectivity index (χ2n) is 6.36. The quantitative estimate of drug-likeness (QED) is 0.431. The average molecular weight is 378 g/mol. The van der Waals surface area contributed by atoms with Crippen LogP contribution in [-0.4, -0.2) is 0 Å². The third kappa shape index (κ3) is 4.33. The summed E-state index contributed by atoms with van der Waals surface area (Å²) < 4.78 is 11.6. The van der Waals surface area contributed by atoms with Crippen LogP contribution >= 0.6 is 11.6 Å². The topological polar surface area (TPSA) is 34.4 Å². The maximum atomic E-state index is 6.15. The number of furan rings is 1. The van der Waals surface area contributed by atoms with E-state index in [4.69, 9.17) is 20.8 Å². The van der Waals surface area contributed by atoms with Gasteiger partial charge in [0.15, 0.2) is 0 Å². The highest BCUT2D eigenvalue weighted by molar-refractivity contribution is 6.30. The van der Waals surface area contributed by atoms with Crippen LogP contribution in [0.3, 0.4) is 0 Å². The molecule has 4 rings (SSSR count). The zero-order valence-electron chi connectivity index (χ0n) is 14.8. The number of rotatable bonds is 7. The molecular formula is C23H20ClNO2. The molecule has 1 aromatic heterocycles. The Morgan fingerprint density at radius 2 is 1.81 bits per heavy atom. The molecule has 0 aliphatic carbocycles. The lowest BCUT2D eigenvalue weighted by Crippen LogP contribution is -2.13. The fourth-order valence-electron chi connectivity index (χ4n) is 3.15. The zero-order valence-corrected chi connectivity index (χ0v) is 15.6. The first kappa shape index (κ1) is 17.7. The van der Waals surface area contributed by atoms with Crippen molar-refractivity contribution in [2.45, 2.75) is 19.7 Å². The van der Waals surface area contributed by atoms with Gasteiger partial charge in [-0.05, 0) is 46.7 Å². The van der Waals surface area contributed by atoms with E-state index in [1.807, 2.05) is 42.5 Å². The van der Waals surface area contributed by atoms with Crippen molar-refractivity contribution in [3.05, 3.63) is 101 Å². The minimum Gasteiger partial charge on any atom is -0.489 e. The van der Waals surface area contributed by atoms with E-state index in [0.717, 1.165) is 27.7 Å². The highest BCUT2D eigenvalue weighted by Crippen LogP contribution is 2.29. The number of ether oxygens (including phenoxy) is 1. The summed E-state index contributed by atoms with van der Waals surface area (Å²) in [5, 5.41) is 6.55. The molecule has 0 aliphatic heterocycles. The van der Waals surface area contributed by atoms with Gasteiger partial charge >= 0.3 is 0 Å². The summed E-state index contributed by atoms with van der Waals surface area (Å²) in [6.45, 7) is 1.83. The molecule has 0 fully saturated rings. The predicted octanol–water partition coefficient (Wildman–Crippen LogP) is 5.96. The van der Waals surface area contributed by atoms with Crippen LogP contribution in [-0.2, 0) is 19.7 Å². The van der Waals surface area contributed by atoms with Crippen LogP contribution in [0.1, 0.15) is 16.9 Å². The molecule has 0 saturated carbocycles. The lowest BCUT2D eigenvalue weighted by atomic mass is 10.0. The fraction of sp³-hybridized carbons (Fsp3) is 0.130. The molecule has 1 N–H and O–H groups in total. The summed E-state index contributed by atoms with van der Waals surface area (Å²) in [5.74, 6) is 1.79. The Morgan fingerprint density at radius 1 is 0.889 bits per heavy atom. The third-order valence-corrected chi connectivity index (χ3v) is 4.70. The van der Waals surface area contributed by atoms with Gasteiger partial charge in [0.05, 0.1) is 12.8 Å². The number of hydrogen-bond acceptors (Lipinski definition) is 3. The summed E-state index contributed by atoms with van der Waals surface area (Å²) in [6.07, 6.45) is 1.69. The van der Waals surface area contributed by atoms with Crippen molar-refractivity contribution < 1.29 is 9.15 Å². The van der Waals surface area contributed by atoms with Gasteiger partial charge in [-0.3, -0.25) is 0 Å². The SMILES string of the molecule is Clc1cccc(COc2ccc3ccccc3c2CNCc2ccco2)c1. The highest BCUT2D eigenvalue weighted by atomic mass is 35.5. The standard InChI is InChI=1S/C23H20ClNO2/c24-19-7-3-5-17(13-19)16-27-23-11-10-18-6-1-2-9-21(18)22(23)15-25-14-20-8-4-12-26-20/h1-13,25H,14-16H2. The first-order valence-electron chi connectivity index (χ1n) is 8.90. The largest absolute Gasteiger partial charge is 0.489 e. The van der Waals surface area contributed by atoms with Crippen molar-refractivity contribution in [3.63, 3.8) is 0 Å². The summed E-state index contributed by atoms with van der Waals surface area (Å²) in [5.41, 5.74) is 2.19. The van der Waals surface area contributed by atoms with Crippen LogP contribution in [0.5, 0.6) is 5.75 Å². The maximum absolute atomic E-state index is 6.15. The molecule has 3 aromatic carbocycles. The Balaban J connectivity index is 1.56. The van der Waals surface area contributed by atoms with Crippen LogP contribution in [0.4, 0.5) is 0 Å². The molecule has 0 aliphatic rings.